The lowest BCUT2D eigenvalue weighted by Crippen LogP contribution is -2.43. The maximum atomic E-state index is 12.5. The summed E-state index contributed by atoms with van der Waals surface area (Å²) < 4.78 is 0. The number of carbonyl (C=O) groups excluding carboxylic acids is 1. The predicted molar refractivity (Wildman–Crippen MR) is 90.8 cm³/mol. The molecule has 2 aliphatic heterocycles. The third-order valence-electron chi connectivity index (χ3n) is 5.82. The zero-order valence-electron chi connectivity index (χ0n) is 14.1. The van der Waals surface area contributed by atoms with E-state index in [0.717, 1.165) is 44.6 Å². The fourth-order valence-corrected chi connectivity index (χ4v) is 4.18. The second kappa shape index (κ2) is 5.86. The van der Waals surface area contributed by atoms with E-state index in [1.807, 2.05) is 0 Å². The molecule has 3 N–H and O–H groups in total. The Morgan fingerprint density at radius 1 is 1.24 bits per heavy atom. The number of amides is 1. The van der Waals surface area contributed by atoms with Gasteiger partial charge in [-0.25, -0.2) is 14.8 Å². The van der Waals surface area contributed by atoms with E-state index in [0.29, 0.717) is 18.8 Å². The van der Waals surface area contributed by atoms with Crippen LogP contribution < -0.4 is 10.6 Å². The van der Waals surface area contributed by atoms with Crippen LogP contribution in [0.3, 0.4) is 0 Å². The zero-order valence-corrected chi connectivity index (χ0v) is 14.1. The first-order valence-corrected chi connectivity index (χ1v) is 8.83. The Bertz CT molecular complexity index is 697. The molecule has 3 fully saturated rings. The molecule has 1 unspecified atom stereocenters. The molecule has 1 aromatic rings. The van der Waals surface area contributed by atoms with Crippen LogP contribution in [0.25, 0.3) is 0 Å². The van der Waals surface area contributed by atoms with Gasteiger partial charge in [-0.1, -0.05) is 0 Å². The number of nitrogens with zero attached hydrogens (tertiary/aromatic N) is 4. The van der Waals surface area contributed by atoms with Gasteiger partial charge in [0.1, 0.15) is 24.0 Å². The van der Waals surface area contributed by atoms with Gasteiger partial charge in [-0.05, 0) is 37.5 Å². The number of nitrogens with two attached hydrogens (primary N) is 1. The minimum atomic E-state index is -0.878. The first-order chi connectivity index (χ1) is 12.0. The normalized spacial score (nSPS) is 25.4. The molecule has 1 spiro atoms. The van der Waals surface area contributed by atoms with Crippen molar-refractivity contribution >= 4 is 23.5 Å². The maximum absolute atomic E-state index is 12.5. The highest BCUT2D eigenvalue weighted by Gasteiger charge is 2.51. The highest BCUT2D eigenvalue weighted by molar-refractivity contribution is 5.87. The van der Waals surface area contributed by atoms with Crippen LogP contribution in [0.2, 0.25) is 0 Å². The third-order valence-corrected chi connectivity index (χ3v) is 5.82. The number of aliphatic carboxylic acids is 1. The zero-order chi connectivity index (χ0) is 17.6. The molecule has 8 nitrogen and oxygen atoms in total. The smallest absolute Gasteiger partial charge is 0.326 e. The summed E-state index contributed by atoms with van der Waals surface area (Å²) in [6.45, 7) is 2.14. The number of hydrogen-bond acceptors (Lipinski definition) is 6. The van der Waals surface area contributed by atoms with Crippen molar-refractivity contribution in [3.63, 3.8) is 0 Å². The van der Waals surface area contributed by atoms with E-state index in [4.69, 9.17) is 5.73 Å². The van der Waals surface area contributed by atoms with Gasteiger partial charge in [-0.2, -0.15) is 0 Å². The summed E-state index contributed by atoms with van der Waals surface area (Å²) in [4.78, 5) is 36.2. The van der Waals surface area contributed by atoms with Crippen molar-refractivity contribution in [3.8, 4) is 0 Å². The molecule has 1 aromatic heterocycles. The minimum Gasteiger partial charge on any atom is -0.480 e. The number of hydrogen-bond donors (Lipinski definition) is 2. The Labute approximate surface area is 146 Å². The Morgan fingerprint density at radius 2 is 1.96 bits per heavy atom. The molecule has 134 valence electrons. The van der Waals surface area contributed by atoms with Crippen molar-refractivity contribution < 1.29 is 14.7 Å². The molecule has 0 aromatic carbocycles. The molecule has 1 atom stereocenters. The Balaban J connectivity index is 1.46. The van der Waals surface area contributed by atoms with Crippen molar-refractivity contribution in [2.45, 2.75) is 38.1 Å². The molecular formula is C17H23N5O3. The first-order valence-electron chi connectivity index (χ1n) is 8.83. The molecule has 4 rings (SSSR count). The number of anilines is 2. The molecular weight excluding hydrogens is 322 g/mol. The van der Waals surface area contributed by atoms with Gasteiger partial charge in [0.15, 0.2) is 0 Å². The van der Waals surface area contributed by atoms with Crippen LogP contribution in [0, 0.1) is 11.3 Å². The van der Waals surface area contributed by atoms with E-state index in [2.05, 4.69) is 14.9 Å². The predicted octanol–water partition coefficient (Wildman–Crippen LogP) is 0.741. The topological polar surface area (TPSA) is 113 Å². The molecule has 25 heavy (non-hydrogen) atoms. The number of likely N-dealkylation sites (tertiary alicyclic amines) is 1. The molecule has 3 aliphatic rings. The molecule has 0 radical (unpaired) electrons. The highest BCUT2D eigenvalue weighted by Crippen LogP contribution is 2.46. The average Bonchev–Trinajstić information content (AvgIpc) is 3.37. The van der Waals surface area contributed by atoms with Crippen LogP contribution in [0.5, 0.6) is 0 Å². The molecule has 0 bridgehead atoms. The summed E-state index contributed by atoms with van der Waals surface area (Å²) in [5.74, 6) is 0.465. The van der Waals surface area contributed by atoms with E-state index in [9.17, 15) is 14.7 Å². The lowest BCUT2D eigenvalue weighted by molar-refractivity contribution is -0.148. The van der Waals surface area contributed by atoms with Gasteiger partial charge in [0.05, 0.1) is 0 Å². The van der Waals surface area contributed by atoms with E-state index in [-0.39, 0.29) is 17.2 Å². The summed E-state index contributed by atoms with van der Waals surface area (Å²) in [7, 11) is 0. The number of carboxylic acids is 1. The van der Waals surface area contributed by atoms with Crippen molar-refractivity contribution in [2.75, 3.05) is 30.3 Å². The van der Waals surface area contributed by atoms with Crippen molar-refractivity contribution in [3.05, 3.63) is 12.4 Å². The van der Waals surface area contributed by atoms with Gasteiger partial charge in [0.25, 0.3) is 0 Å². The second-order valence-corrected chi connectivity index (χ2v) is 7.59. The standard InChI is InChI=1S/C17H23N5O3/c18-13-7-14(20-10-19-13)21-5-3-17(4-6-21)8-12(16(24)25)22(9-17)15(23)11-1-2-11/h7,10-12H,1-6,8-9H2,(H,24,25)(H2,18,19,20). The van der Waals surface area contributed by atoms with Crippen molar-refractivity contribution in [1.82, 2.24) is 14.9 Å². The largest absolute Gasteiger partial charge is 0.480 e. The molecule has 2 saturated heterocycles. The van der Waals surface area contributed by atoms with Gasteiger partial charge >= 0.3 is 5.97 Å². The Hall–Kier alpha value is -2.38. The van der Waals surface area contributed by atoms with Gasteiger partial charge in [-0.3, -0.25) is 4.79 Å². The van der Waals surface area contributed by atoms with Gasteiger partial charge in [0, 0.05) is 31.6 Å². The Kier molecular flexibility index (Phi) is 3.77. The van der Waals surface area contributed by atoms with Gasteiger partial charge in [-0.15, -0.1) is 0 Å². The number of piperidine rings is 1. The number of carboxylic acid groups (broad SMARTS) is 1. The van der Waals surface area contributed by atoms with Crippen LogP contribution in [0.1, 0.15) is 32.1 Å². The quantitative estimate of drug-likeness (QED) is 0.831. The van der Waals surface area contributed by atoms with Crippen molar-refractivity contribution in [1.29, 1.82) is 0 Å². The molecule has 1 aliphatic carbocycles. The minimum absolute atomic E-state index is 0.0373. The highest BCUT2D eigenvalue weighted by atomic mass is 16.4. The molecule has 1 amide bonds. The second-order valence-electron chi connectivity index (χ2n) is 7.59. The summed E-state index contributed by atoms with van der Waals surface area (Å²) in [6, 6.07) is 1.09. The van der Waals surface area contributed by atoms with Crippen LogP contribution in [0.15, 0.2) is 12.4 Å². The Morgan fingerprint density at radius 3 is 2.56 bits per heavy atom. The lowest BCUT2D eigenvalue weighted by Gasteiger charge is -2.39. The van der Waals surface area contributed by atoms with E-state index < -0.39 is 12.0 Å². The SMILES string of the molecule is Nc1cc(N2CCC3(CC2)CC(C(=O)O)N(C(=O)C2CC2)C3)ncn1. The molecule has 8 heteroatoms. The molecule has 3 heterocycles. The first kappa shape index (κ1) is 16.1. The van der Waals surface area contributed by atoms with Crippen LogP contribution >= 0.6 is 0 Å². The monoisotopic (exact) mass is 345 g/mol. The van der Waals surface area contributed by atoms with Crippen molar-refractivity contribution in [2.24, 2.45) is 11.3 Å². The number of aromatic nitrogens is 2. The fourth-order valence-electron chi connectivity index (χ4n) is 4.18. The van der Waals surface area contributed by atoms with Crippen LogP contribution in [0.4, 0.5) is 11.6 Å². The summed E-state index contributed by atoms with van der Waals surface area (Å²) in [6.07, 6.45) is 5.53. The summed E-state index contributed by atoms with van der Waals surface area (Å²) >= 11 is 0. The van der Waals surface area contributed by atoms with Gasteiger partial charge < -0.3 is 20.6 Å². The van der Waals surface area contributed by atoms with E-state index in [1.54, 1.807) is 11.0 Å². The summed E-state index contributed by atoms with van der Waals surface area (Å²) in [5, 5.41) is 9.57. The fraction of sp³-hybridized carbons (Fsp3) is 0.647. The van der Waals surface area contributed by atoms with Crippen LogP contribution in [-0.4, -0.2) is 57.5 Å². The van der Waals surface area contributed by atoms with Gasteiger partial charge in [0.2, 0.25) is 5.91 Å². The number of carbonyl (C=O) groups is 2. The van der Waals surface area contributed by atoms with E-state index in [1.165, 1.54) is 6.33 Å². The third kappa shape index (κ3) is 3.01. The van der Waals surface area contributed by atoms with E-state index >= 15 is 0 Å². The number of nitrogen functional groups attached to an aromatic ring is 1. The average molecular weight is 345 g/mol. The number of rotatable bonds is 3. The lowest BCUT2D eigenvalue weighted by atomic mass is 9.76. The summed E-state index contributed by atoms with van der Waals surface area (Å²) in [5.41, 5.74) is 5.64. The molecule has 1 saturated carbocycles. The van der Waals surface area contributed by atoms with Crippen LogP contribution in [-0.2, 0) is 9.59 Å². The maximum Gasteiger partial charge on any atom is 0.326 e.